The van der Waals surface area contributed by atoms with Crippen molar-refractivity contribution in [3.63, 3.8) is 0 Å². The van der Waals surface area contributed by atoms with Gasteiger partial charge in [0.1, 0.15) is 0 Å². The Morgan fingerprint density at radius 3 is 2.91 bits per heavy atom. The Hall–Kier alpha value is -1.38. The summed E-state index contributed by atoms with van der Waals surface area (Å²) in [6.07, 6.45) is 2.01. The van der Waals surface area contributed by atoms with E-state index in [4.69, 9.17) is 4.74 Å². The van der Waals surface area contributed by atoms with Gasteiger partial charge < -0.3 is 4.74 Å². The minimum atomic E-state index is -0.265. The summed E-state index contributed by atoms with van der Waals surface area (Å²) in [5.41, 5.74) is 0.378. The van der Waals surface area contributed by atoms with Gasteiger partial charge in [0.25, 0.3) is 0 Å². The summed E-state index contributed by atoms with van der Waals surface area (Å²) >= 11 is 4.61. The topological polar surface area (TPSA) is 77.0 Å². The van der Waals surface area contributed by atoms with E-state index in [1.165, 1.54) is 11.8 Å². The predicted molar refractivity (Wildman–Crippen MR) is 91.0 cm³/mol. The number of halogens is 1. The number of aromatic nitrogens is 3. The van der Waals surface area contributed by atoms with Crippen LogP contribution in [-0.4, -0.2) is 39.0 Å². The second kappa shape index (κ2) is 7.46. The van der Waals surface area contributed by atoms with Crippen molar-refractivity contribution in [1.29, 1.82) is 0 Å². The van der Waals surface area contributed by atoms with Gasteiger partial charge in [-0.1, -0.05) is 39.8 Å². The van der Waals surface area contributed by atoms with Gasteiger partial charge in [-0.25, -0.2) is 9.89 Å². The van der Waals surface area contributed by atoms with Crippen molar-refractivity contribution in [3.8, 4) is 0 Å². The number of nitrogens with one attached hydrogen (secondary N) is 1. The van der Waals surface area contributed by atoms with E-state index in [2.05, 4.69) is 26.1 Å². The molecule has 6 nitrogen and oxygen atoms in total. The first-order valence-electron chi connectivity index (χ1n) is 7.32. The number of nitrogens with zero attached hydrogens (tertiary/aromatic N) is 2. The molecule has 0 spiro atoms. The molecule has 0 aliphatic carbocycles. The number of hydrogen-bond donors (Lipinski definition) is 1. The summed E-state index contributed by atoms with van der Waals surface area (Å²) in [6.45, 7) is 1.21. The van der Waals surface area contributed by atoms with Crippen LogP contribution in [0, 0.1) is 0 Å². The number of Topliss-reactive ketones (excluding diaryl/α,β-unsaturated/α-hetero) is 1. The van der Waals surface area contributed by atoms with Crippen LogP contribution < -0.4 is 5.69 Å². The summed E-state index contributed by atoms with van der Waals surface area (Å²) in [7, 11) is 0. The van der Waals surface area contributed by atoms with Gasteiger partial charge in [-0.05, 0) is 25.0 Å². The SMILES string of the molecule is O=C(CSc1n[nH]c(=O)n1C[C@H]1CCCO1)c1ccc(Br)cc1. The molecule has 2 heterocycles. The zero-order chi connectivity index (χ0) is 16.2. The standard InChI is InChI=1S/C15H16BrN3O3S/c16-11-5-3-10(4-6-11)13(20)9-23-15-18-17-14(21)19(15)8-12-2-1-7-22-12/h3-6,12H,1-2,7-9H2,(H,17,21)/t12-/m1/s1. The maximum absolute atomic E-state index is 12.2. The lowest BCUT2D eigenvalue weighted by Gasteiger charge is -2.10. The third-order valence-electron chi connectivity index (χ3n) is 3.63. The van der Waals surface area contributed by atoms with E-state index in [0.29, 0.717) is 17.3 Å². The molecule has 2 aromatic rings. The van der Waals surface area contributed by atoms with Gasteiger partial charge >= 0.3 is 5.69 Å². The molecule has 0 bridgehead atoms. The Kier molecular flexibility index (Phi) is 5.34. The maximum Gasteiger partial charge on any atom is 0.344 e. The normalized spacial score (nSPS) is 17.5. The summed E-state index contributed by atoms with van der Waals surface area (Å²) in [5, 5.41) is 6.98. The van der Waals surface area contributed by atoms with Gasteiger partial charge in [0.2, 0.25) is 0 Å². The average Bonchev–Trinajstić information content (AvgIpc) is 3.18. The Bertz CT molecular complexity index is 735. The average molecular weight is 398 g/mol. The van der Waals surface area contributed by atoms with Gasteiger partial charge in [0.15, 0.2) is 10.9 Å². The number of carbonyl (C=O) groups is 1. The molecule has 23 heavy (non-hydrogen) atoms. The smallest absolute Gasteiger partial charge is 0.344 e. The molecule has 1 atom stereocenters. The lowest BCUT2D eigenvalue weighted by atomic mass is 10.2. The van der Waals surface area contributed by atoms with Gasteiger partial charge in [-0.15, -0.1) is 5.10 Å². The molecule has 1 aliphatic rings. The highest BCUT2D eigenvalue weighted by molar-refractivity contribution is 9.10. The molecule has 1 aliphatic heterocycles. The number of aromatic amines is 1. The molecular formula is C15H16BrN3O3S. The fraction of sp³-hybridized carbons (Fsp3) is 0.400. The fourth-order valence-corrected chi connectivity index (χ4v) is 3.53. The molecule has 1 N–H and O–H groups in total. The van der Waals surface area contributed by atoms with E-state index in [-0.39, 0.29) is 23.3 Å². The Labute approximate surface area is 145 Å². The molecule has 1 aromatic heterocycles. The second-order valence-corrected chi connectivity index (χ2v) is 7.13. The monoisotopic (exact) mass is 397 g/mol. The number of hydrogen-bond acceptors (Lipinski definition) is 5. The number of ketones is 1. The molecule has 0 saturated carbocycles. The quantitative estimate of drug-likeness (QED) is 0.598. The number of rotatable bonds is 6. The minimum absolute atomic E-state index is 0.00150. The molecular weight excluding hydrogens is 382 g/mol. The van der Waals surface area contributed by atoms with E-state index in [9.17, 15) is 9.59 Å². The number of ether oxygens (including phenoxy) is 1. The molecule has 0 radical (unpaired) electrons. The summed E-state index contributed by atoms with van der Waals surface area (Å²) < 4.78 is 8.04. The lowest BCUT2D eigenvalue weighted by molar-refractivity contribution is 0.0941. The zero-order valence-electron chi connectivity index (χ0n) is 12.3. The highest BCUT2D eigenvalue weighted by atomic mass is 79.9. The third kappa shape index (κ3) is 4.13. The molecule has 3 rings (SSSR count). The Morgan fingerprint density at radius 2 is 2.22 bits per heavy atom. The first-order valence-corrected chi connectivity index (χ1v) is 9.10. The summed E-state index contributed by atoms with van der Waals surface area (Å²) in [6, 6.07) is 7.22. The van der Waals surface area contributed by atoms with Gasteiger partial charge in [-0.2, -0.15) is 0 Å². The zero-order valence-corrected chi connectivity index (χ0v) is 14.7. The van der Waals surface area contributed by atoms with Crippen molar-refractivity contribution in [2.24, 2.45) is 0 Å². The van der Waals surface area contributed by atoms with Crippen molar-refractivity contribution in [1.82, 2.24) is 14.8 Å². The minimum Gasteiger partial charge on any atom is -0.376 e. The van der Waals surface area contributed by atoms with Crippen LogP contribution in [0.15, 0.2) is 38.7 Å². The first-order chi connectivity index (χ1) is 11.1. The molecule has 1 aromatic carbocycles. The van der Waals surface area contributed by atoms with Crippen molar-refractivity contribution in [2.45, 2.75) is 30.6 Å². The van der Waals surface area contributed by atoms with E-state index in [1.54, 1.807) is 16.7 Å². The Balaban J connectivity index is 1.64. The van der Waals surface area contributed by atoms with E-state index < -0.39 is 0 Å². The van der Waals surface area contributed by atoms with Crippen molar-refractivity contribution in [3.05, 3.63) is 44.8 Å². The number of carbonyl (C=O) groups excluding carboxylic acids is 1. The highest BCUT2D eigenvalue weighted by Crippen LogP contribution is 2.19. The Morgan fingerprint density at radius 1 is 1.43 bits per heavy atom. The maximum atomic E-state index is 12.2. The molecule has 1 saturated heterocycles. The van der Waals surface area contributed by atoms with E-state index in [0.717, 1.165) is 23.9 Å². The van der Waals surface area contributed by atoms with Crippen molar-refractivity contribution in [2.75, 3.05) is 12.4 Å². The molecule has 122 valence electrons. The van der Waals surface area contributed by atoms with Crippen LogP contribution in [0.4, 0.5) is 0 Å². The molecule has 0 unspecified atom stereocenters. The number of H-pyrrole nitrogens is 1. The molecule has 1 fully saturated rings. The number of thioether (sulfide) groups is 1. The molecule has 0 amide bonds. The van der Waals surface area contributed by atoms with Crippen LogP contribution in [0.5, 0.6) is 0 Å². The summed E-state index contributed by atoms with van der Waals surface area (Å²) in [5.74, 6) is 0.235. The summed E-state index contributed by atoms with van der Waals surface area (Å²) in [4.78, 5) is 24.1. The van der Waals surface area contributed by atoms with Gasteiger partial charge in [0.05, 0.1) is 18.4 Å². The third-order valence-corrected chi connectivity index (χ3v) is 5.14. The van der Waals surface area contributed by atoms with E-state index in [1.807, 2.05) is 12.1 Å². The lowest BCUT2D eigenvalue weighted by Crippen LogP contribution is -2.25. The van der Waals surface area contributed by atoms with Crippen LogP contribution in [-0.2, 0) is 11.3 Å². The predicted octanol–water partition coefficient (Wildman–Crippen LogP) is 2.49. The van der Waals surface area contributed by atoms with Crippen LogP contribution in [0.1, 0.15) is 23.2 Å². The van der Waals surface area contributed by atoms with Crippen LogP contribution in [0.2, 0.25) is 0 Å². The number of benzene rings is 1. The van der Waals surface area contributed by atoms with Gasteiger partial charge in [0, 0.05) is 16.6 Å². The fourth-order valence-electron chi connectivity index (χ4n) is 2.42. The molecule has 8 heteroatoms. The van der Waals surface area contributed by atoms with Crippen molar-refractivity contribution < 1.29 is 9.53 Å². The van der Waals surface area contributed by atoms with Gasteiger partial charge in [-0.3, -0.25) is 9.36 Å². The van der Waals surface area contributed by atoms with Crippen LogP contribution in [0.3, 0.4) is 0 Å². The van der Waals surface area contributed by atoms with Crippen LogP contribution >= 0.6 is 27.7 Å². The second-order valence-electron chi connectivity index (χ2n) is 5.28. The first kappa shape index (κ1) is 16.5. The van der Waals surface area contributed by atoms with Crippen molar-refractivity contribution >= 4 is 33.5 Å². The van der Waals surface area contributed by atoms with Crippen LogP contribution in [0.25, 0.3) is 0 Å². The highest BCUT2D eigenvalue weighted by Gasteiger charge is 2.20. The largest absolute Gasteiger partial charge is 0.376 e. The van der Waals surface area contributed by atoms with E-state index >= 15 is 0 Å².